The standard InChI is InChI=1S/C46H55N7O4/c1-27(2)39(49-26-56-6)43(54)53-35-16-15-34(21-35)40(53)42-48-24-37(51-42)33-14-13-31-19-30(11-12-32(31)20-33)28-7-9-29(10-8-28)36-23-47-41(50-36)38-22-46(17-18-46)25-52(38)44(55)57-45(3,4)5/h7-14,19-20,23-24,27,34-35,38-40,49H,15-18,21-22,25-26H2,1-6H3,(H,47,50)(H,48,51)/t34-,35+,38-,39-,40-/m0/s1. The van der Waals surface area contributed by atoms with Crippen molar-refractivity contribution in [3.63, 3.8) is 0 Å². The number of carbonyl (C=O) groups is 2. The molecular weight excluding hydrogens is 715 g/mol. The van der Waals surface area contributed by atoms with Crippen molar-refractivity contribution in [2.45, 2.75) is 103 Å². The lowest BCUT2D eigenvalue weighted by atomic mass is 9.95. The van der Waals surface area contributed by atoms with Gasteiger partial charge in [0.1, 0.15) is 17.2 Å². The minimum absolute atomic E-state index is 0.0444. The molecule has 3 aromatic carbocycles. The van der Waals surface area contributed by atoms with Crippen molar-refractivity contribution < 1.29 is 19.1 Å². The van der Waals surface area contributed by atoms with E-state index in [9.17, 15) is 9.59 Å². The average molecular weight is 770 g/mol. The molecule has 2 bridgehead atoms. The molecule has 2 aliphatic heterocycles. The number of nitrogens with zero attached hydrogens (tertiary/aromatic N) is 4. The highest BCUT2D eigenvalue weighted by molar-refractivity contribution is 5.90. The fourth-order valence-electron chi connectivity index (χ4n) is 9.67. The van der Waals surface area contributed by atoms with Gasteiger partial charge in [-0.05, 0) is 116 Å². The monoisotopic (exact) mass is 769 g/mol. The lowest BCUT2D eigenvalue weighted by Crippen LogP contribution is -2.52. The van der Waals surface area contributed by atoms with Crippen LogP contribution in [0.3, 0.4) is 0 Å². The largest absolute Gasteiger partial charge is 0.444 e. The lowest BCUT2D eigenvalue weighted by Gasteiger charge is -2.37. The molecule has 2 amide bonds. The normalized spacial score (nSPS) is 22.9. The average Bonchev–Trinajstić information content (AvgIpc) is 3.81. The Labute approximate surface area is 334 Å². The molecule has 2 aromatic heterocycles. The summed E-state index contributed by atoms with van der Waals surface area (Å²) in [6.07, 6.45) is 9.95. The van der Waals surface area contributed by atoms with Crippen LogP contribution in [-0.4, -0.2) is 79.8 Å². The van der Waals surface area contributed by atoms with Crippen LogP contribution in [0.4, 0.5) is 4.79 Å². The van der Waals surface area contributed by atoms with Crippen LogP contribution in [-0.2, 0) is 14.3 Å². The zero-order valence-corrected chi connectivity index (χ0v) is 34.0. The van der Waals surface area contributed by atoms with Crippen LogP contribution in [0.25, 0.3) is 44.4 Å². The number of methoxy groups -OCH3 is 1. The second kappa shape index (κ2) is 14.4. The fraction of sp³-hybridized carbons (Fsp3) is 0.478. The van der Waals surface area contributed by atoms with E-state index in [1.54, 1.807) is 7.11 Å². The highest BCUT2D eigenvalue weighted by atomic mass is 16.6. The van der Waals surface area contributed by atoms with Crippen molar-refractivity contribution in [3.8, 4) is 33.6 Å². The number of rotatable bonds is 10. The van der Waals surface area contributed by atoms with Gasteiger partial charge in [-0.1, -0.05) is 62.4 Å². The lowest BCUT2D eigenvalue weighted by molar-refractivity contribution is -0.140. The van der Waals surface area contributed by atoms with Crippen LogP contribution in [0.2, 0.25) is 0 Å². The van der Waals surface area contributed by atoms with Gasteiger partial charge < -0.3 is 24.3 Å². The Bertz CT molecular complexity index is 2280. The smallest absolute Gasteiger partial charge is 0.410 e. The molecule has 11 heteroatoms. The zero-order valence-electron chi connectivity index (χ0n) is 34.0. The first-order valence-electron chi connectivity index (χ1n) is 20.7. The number of hydrogen-bond donors (Lipinski definition) is 3. The summed E-state index contributed by atoms with van der Waals surface area (Å²) >= 11 is 0. The van der Waals surface area contributed by atoms with Gasteiger partial charge in [-0.3, -0.25) is 15.0 Å². The Morgan fingerprint density at radius 1 is 0.877 bits per heavy atom. The van der Waals surface area contributed by atoms with E-state index in [0.717, 1.165) is 101 Å². The zero-order chi connectivity index (χ0) is 39.6. The van der Waals surface area contributed by atoms with Crippen LogP contribution in [0.15, 0.2) is 73.1 Å². The number of amides is 2. The third kappa shape index (κ3) is 7.25. The number of aromatic nitrogens is 4. The minimum Gasteiger partial charge on any atom is -0.444 e. The summed E-state index contributed by atoms with van der Waals surface area (Å²) in [6.45, 7) is 11.0. The van der Waals surface area contributed by atoms with Crippen molar-refractivity contribution >= 4 is 22.8 Å². The maximum atomic E-state index is 14.0. The number of likely N-dealkylation sites (tertiary alicyclic amines) is 2. The van der Waals surface area contributed by atoms with Crippen LogP contribution >= 0.6 is 0 Å². The van der Waals surface area contributed by atoms with Gasteiger partial charge in [-0.25, -0.2) is 14.8 Å². The van der Waals surface area contributed by atoms with Crippen LogP contribution in [0.5, 0.6) is 0 Å². The Morgan fingerprint density at radius 2 is 1.51 bits per heavy atom. The molecule has 2 saturated heterocycles. The first-order chi connectivity index (χ1) is 27.4. The molecule has 57 heavy (non-hydrogen) atoms. The molecule has 2 aliphatic carbocycles. The Hall–Kier alpha value is -5.00. The molecule has 3 N–H and O–H groups in total. The van der Waals surface area contributed by atoms with Gasteiger partial charge in [0.2, 0.25) is 5.91 Å². The van der Waals surface area contributed by atoms with Gasteiger partial charge in [-0.15, -0.1) is 0 Å². The molecule has 9 rings (SSSR count). The van der Waals surface area contributed by atoms with Crippen molar-refractivity contribution in [3.05, 3.63) is 84.7 Å². The van der Waals surface area contributed by atoms with E-state index in [2.05, 4.69) is 94.7 Å². The maximum absolute atomic E-state index is 14.0. The number of hydrogen-bond acceptors (Lipinski definition) is 7. The molecule has 0 unspecified atom stereocenters. The molecule has 2 saturated carbocycles. The van der Waals surface area contributed by atoms with Gasteiger partial charge in [0, 0.05) is 25.3 Å². The molecule has 298 valence electrons. The van der Waals surface area contributed by atoms with E-state index < -0.39 is 5.60 Å². The quantitative estimate of drug-likeness (QED) is 0.121. The van der Waals surface area contributed by atoms with E-state index in [1.807, 2.05) is 38.1 Å². The SMILES string of the molecule is COCN[C@H](C(=O)N1[C@@H]2CC[C@@H](C2)[C@H]1c1ncc(-c2ccc3cc(-c4ccc(-c5cnc([C@@H]6CC7(CC7)CN6C(=O)OC(C)(C)C)[nH]5)cc4)ccc3c2)[nH]1)C(C)C. The predicted octanol–water partition coefficient (Wildman–Crippen LogP) is 9.02. The van der Waals surface area contributed by atoms with E-state index in [-0.39, 0.29) is 47.5 Å². The summed E-state index contributed by atoms with van der Waals surface area (Å²) in [5.74, 6) is 2.39. The van der Waals surface area contributed by atoms with E-state index >= 15 is 0 Å². The van der Waals surface area contributed by atoms with Crippen LogP contribution in [0, 0.1) is 17.3 Å². The number of carbonyl (C=O) groups excluding carboxylic acids is 2. The Morgan fingerprint density at radius 3 is 2.19 bits per heavy atom. The molecule has 5 atom stereocenters. The molecule has 0 radical (unpaired) electrons. The van der Waals surface area contributed by atoms with Gasteiger partial charge in [-0.2, -0.15) is 0 Å². The summed E-state index contributed by atoms with van der Waals surface area (Å²) in [5.41, 5.74) is 5.95. The molecule has 1 spiro atoms. The third-order valence-electron chi connectivity index (χ3n) is 12.8. The van der Waals surface area contributed by atoms with Gasteiger partial charge >= 0.3 is 6.09 Å². The van der Waals surface area contributed by atoms with E-state index in [1.165, 1.54) is 0 Å². The number of nitrogens with one attached hydrogen (secondary N) is 3. The van der Waals surface area contributed by atoms with Crippen molar-refractivity contribution in [2.75, 3.05) is 20.4 Å². The second-order valence-electron chi connectivity index (χ2n) is 18.3. The topological polar surface area (TPSA) is 128 Å². The highest BCUT2D eigenvalue weighted by Gasteiger charge is 2.55. The summed E-state index contributed by atoms with van der Waals surface area (Å²) in [4.78, 5) is 48.0. The van der Waals surface area contributed by atoms with Gasteiger partial charge in [0.05, 0.1) is 48.6 Å². The Balaban J connectivity index is 0.896. The van der Waals surface area contributed by atoms with Crippen molar-refractivity contribution in [1.29, 1.82) is 0 Å². The number of benzene rings is 3. The third-order valence-corrected chi connectivity index (χ3v) is 12.8. The van der Waals surface area contributed by atoms with Crippen molar-refractivity contribution in [2.24, 2.45) is 17.3 Å². The number of fused-ring (bicyclic) bond motifs is 3. The van der Waals surface area contributed by atoms with Gasteiger partial charge in [0.15, 0.2) is 0 Å². The number of aromatic amines is 2. The first kappa shape index (κ1) is 37.6. The van der Waals surface area contributed by atoms with Crippen molar-refractivity contribution in [1.82, 2.24) is 35.1 Å². The Kier molecular flexibility index (Phi) is 9.51. The molecule has 4 aliphatic rings. The predicted molar refractivity (Wildman–Crippen MR) is 221 cm³/mol. The molecule has 4 heterocycles. The first-order valence-corrected chi connectivity index (χ1v) is 20.7. The van der Waals surface area contributed by atoms with E-state index in [0.29, 0.717) is 12.6 Å². The molecule has 11 nitrogen and oxygen atoms in total. The fourth-order valence-corrected chi connectivity index (χ4v) is 9.67. The second-order valence-corrected chi connectivity index (χ2v) is 18.3. The maximum Gasteiger partial charge on any atom is 0.410 e. The molecular formula is C46H55N7O4. The number of ether oxygens (including phenoxy) is 2. The summed E-state index contributed by atoms with van der Waals surface area (Å²) in [5, 5.41) is 5.62. The number of piperidine rings is 1. The van der Waals surface area contributed by atoms with Crippen LogP contribution < -0.4 is 5.32 Å². The minimum atomic E-state index is -0.543. The molecule has 5 aromatic rings. The summed E-state index contributed by atoms with van der Waals surface area (Å²) < 4.78 is 11.0. The van der Waals surface area contributed by atoms with E-state index in [4.69, 9.17) is 19.4 Å². The number of imidazole rings is 2. The van der Waals surface area contributed by atoms with Crippen LogP contribution in [0.1, 0.15) is 96.9 Å². The number of H-pyrrole nitrogens is 2. The van der Waals surface area contributed by atoms with Gasteiger partial charge in [0.25, 0.3) is 0 Å². The molecule has 4 fully saturated rings. The summed E-state index contributed by atoms with van der Waals surface area (Å²) in [7, 11) is 1.64. The summed E-state index contributed by atoms with van der Waals surface area (Å²) in [6, 6.07) is 21.5. The highest BCUT2D eigenvalue weighted by Crippen LogP contribution is 2.58.